The fourth-order valence-corrected chi connectivity index (χ4v) is 3.70. The fourth-order valence-electron chi connectivity index (χ4n) is 3.70. The summed E-state index contributed by atoms with van der Waals surface area (Å²) in [6, 6.07) is 5.57. The third kappa shape index (κ3) is 7.95. The molecule has 1 aliphatic rings. The van der Waals surface area contributed by atoms with Crippen LogP contribution in [0.2, 0.25) is 0 Å². The van der Waals surface area contributed by atoms with Crippen molar-refractivity contribution in [2.45, 2.75) is 52.1 Å². The zero-order valence-electron chi connectivity index (χ0n) is 17.9. The summed E-state index contributed by atoms with van der Waals surface area (Å²) in [6.07, 6.45) is -1.81. The van der Waals surface area contributed by atoms with Crippen LogP contribution in [0, 0.1) is 11.8 Å². The Bertz CT molecular complexity index is 738. The zero-order valence-corrected chi connectivity index (χ0v) is 17.9. The Kier molecular flexibility index (Phi) is 9.45. The van der Waals surface area contributed by atoms with Gasteiger partial charge in [0.15, 0.2) is 18.1 Å². The lowest BCUT2D eigenvalue weighted by Crippen LogP contribution is -2.41. The van der Waals surface area contributed by atoms with Crippen LogP contribution in [0.3, 0.4) is 0 Å². The van der Waals surface area contributed by atoms with Gasteiger partial charge in [0.25, 0.3) is 0 Å². The van der Waals surface area contributed by atoms with Gasteiger partial charge in [0.2, 0.25) is 5.91 Å². The van der Waals surface area contributed by atoms with E-state index >= 15 is 0 Å². The van der Waals surface area contributed by atoms with Crippen molar-refractivity contribution in [3.63, 3.8) is 0 Å². The number of nitrogens with one attached hydrogen (secondary N) is 1. The van der Waals surface area contributed by atoms with Crippen molar-refractivity contribution in [1.29, 1.82) is 0 Å². The summed E-state index contributed by atoms with van der Waals surface area (Å²) >= 11 is 0. The molecule has 174 valence electrons. The first kappa shape index (κ1) is 24.8. The normalized spacial score (nSPS) is 18.9. The standard InChI is InChI=1S/C22H30F3NO5/c1-3-29-18-10-9-15(13-19(18)30-4-2)11-12-26-20(27)16-7-5-6-8-17(16)21(28)31-14-22(23,24)25/h9-10,13,16-17H,3-8,11-12,14H2,1-2H3,(H,26,27)/t16-,17+/m0/s1. The summed E-state index contributed by atoms with van der Waals surface area (Å²) in [5, 5.41) is 2.81. The second kappa shape index (κ2) is 11.8. The summed E-state index contributed by atoms with van der Waals surface area (Å²) in [6.45, 7) is 3.48. The highest BCUT2D eigenvalue weighted by atomic mass is 19.4. The number of halogens is 3. The summed E-state index contributed by atoms with van der Waals surface area (Å²) in [5.74, 6) is -1.51. The Morgan fingerprint density at radius 2 is 1.68 bits per heavy atom. The molecule has 1 aromatic carbocycles. The molecule has 0 saturated heterocycles. The molecule has 1 amide bonds. The number of esters is 1. The van der Waals surface area contributed by atoms with E-state index in [1.54, 1.807) is 0 Å². The minimum absolute atomic E-state index is 0.329. The van der Waals surface area contributed by atoms with Crippen LogP contribution in [0.25, 0.3) is 0 Å². The molecule has 9 heteroatoms. The van der Waals surface area contributed by atoms with Crippen molar-refractivity contribution >= 4 is 11.9 Å². The van der Waals surface area contributed by atoms with E-state index < -0.39 is 30.6 Å². The van der Waals surface area contributed by atoms with Crippen LogP contribution in [0.15, 0.2) is 18.2 Å². The second-order valence-corrected chi connectivity index (χ2v) is 7.41. The number of alkyl halides is 3. The largest absolute Gasteiger partial charge is 0.490 e. The first-order valence-corrected chi connectivity index (χ1v) is 10.6. The highest BCUT2D eigenvalue weighted by Crippen LogP contribution is 2.32. The number of carbonyl (C=O) groups is 2. The van der Waals surface area contributed by atoms with Gasteiger partial charge >= 0.3 is 12.1 Å². The topological polar surface area (TPSA) is 73.9 Å². The molecule has 1 N–H and O–H groups in total. The van der Waals surface area contributed by atoms with Crippen LogP contribution in [0.5, 0.6) is 11.5 Å². The highest BCUT2D eigenvalue weighted by molar-refractivity contribution is 5.85. The molecule has 0 aromatic heterocycles. The molecular weight excluding hydrogens is 415 g/mol. The van der Waals surface area contributed by atoms with Crippen molar-refractivity contribution in [3.05, 3.63) is 23.8 Å². The second-order valence-electron chi connectivity index (χ2n) is 7.41. The van der Waals surface area contributed by atoms with E-state index in [1.165, 1.54) is 0 Å². The van der Waals surface area contributed by atoms with Crippen molar-refractivity contribution < 1.29 is 37.0 Å². The quantitative estimate of drug-likeness (QED) is 0.550. The van der Waals surface area contributed by atoms with E-state index in [4.69, 9.17) is 9.47 Å². The Morgan fingerprint density at radius 3 is 2.32 bits per heavy atom. The molecule has 0 bridgehead atoms. The minimum Gasteiger partial charge on any atom is -0.490 e. The third-order valence-corrected chi connectivity index (χ3v) is 5.10. The van der Waals surface area contributed by atoms with Gasteiger partial charge in [-0.3, -0.25) is 9.59 Å². The average molecular weight is 445 g/mol. The smallest absolute Gasteiger partial charge is 0.422 e. The van der Waals surface area contributed by atoms with E-state index in [9.17, 15) is 22.8 Å². The number of hydrogen-bond acceptors (Lipinski definition) is 5. The van der Waals surface area contributed by atoms with Gasteiger partial charge in [-0.15, -0.1) is 0 Å². The zero-order chi connectivity index (χ0) is 22.9. The Labute approximate surface area is 180 Å². The fraction of sp³-hybridized carbons (Fsp3) is 0.636. The van der Waals surface area contributed by atoms with Gasteiger partial charge in [0.1, 0.15) is 0 Å². The van der Waals surface area contributed by atoms with E-state index in [0.717, 1.165) is 12.0 Å². The molecule has 0 heterocycles. The van der Waals surface area contributed by atoms with Crippen molar-refractivity contribution in [3.8, 4) is 11.5 Å². The first-order valence-electron chi connectivity index (χ1n) is 10.6. The molecule has 0 aliphatic heterocycles. The van der Waals surface area contributed by atoms with Crippen LogP contribution < -0.4 is 14.8 Å². The van der Waals surface area contributed by atoms with Gasteiger partial charge in [0, 0.05) is 6.54 Å². The molecule has 1 fully saturated rings. The predicted octanol–water partition coefficient (Wildman–Crippen LogP) is 4.05. The molecule has 0 spiro atoms. The molecule has 1 saturated carbocycles. The Balaban J connectivity index is 1.91. The number of carbonyl (C=O) groups excluding carboxylic acids is 2. The molecule has 6 nitrogen and oxygen atoms in total. The molecule has 1 aromatic rings. The average Bonchev–Trinajstić information content (AvgIpc) is 2.73. The van der Waals surface area contributed by atoms with Gasteiger partial charge in [-0.25, -0.2) is 0 Å². The maximum Gasteiger partial charge on any atom is 0.422 e. The van der Waals surface area contributed by atoms with Crippen LogP contribution >= 0.6 is 0 Å². The number of amides is 1. The van der Waals surface area contributed by atoms with Gasteiger partial charge in [-0.1, -0.05) is 18.9 Å². The van der Waals surface area contributed by atoms with Gasteiger partial charge in [0.05, 0.1) is 25.0 Å². The summed E-state index contributed by atoms with van der Waals surface area (Å²) in [5.41, 5.74) is 0.942. The first-order chi connectivity index (χ1) is 14.7. The van der Waals surface area contributed by atoms with Crippen LogP contribution in [0.4, 0.5) is 13.2 Å². The lowest BCUT2D eigenvalue weighted by molar-refractivity contribution is -0.191. The molecule has 2 atom stereocenters. The number of ether oxygens (including phenoxy) is 3. The van der Waals surface area contributed by atoms with Crippen LogP contribution in [-0.4, -0.2) is 44.4 Å². The SMILES string of the molecule is CCOc1ccc(CCNC(=O)[C@H]2CCCC[C@H]2C(=O)OCC(F)(F)F)cc1OCC. The van der Waals surface area contributed by atoms with Gasteiger partial charge in [-0.2, -0.15) is 13.2 Å². The molecule has 2 rings (SSSR count). The van der Waals surface area contributed by atoms with Crippen molar-refractivity contribution in [1.82, 2.24) is 5.32 Å². The number of hydrogen-bond donors (Lipinski definition) is 1. The lowest BCUT2D eigenvalue weighted by Gasteiger charge is -2.29. The monoisotopic (exact) mass is 445 g/mol. The van der Waals surface area contributed by atoms with E-state index in [2.05, 4.69) is 10.1 Å². The van der Waals surface area contributed by atoms with E-state index in [0.29, 0.717) is 56.9 Å². The maximum absolute atomic E-state index is 12.6. The third-order valence-electron chi connectivity index (χ3n) is 5.10. The molecule has 0 radical (unpaired) electrons. The van der Waals surface area contributed by atoms with E-state index in [-0.39, 0.29) is 5.91 Å². The van der Waals surface area contributed by atoms with E-state index in [1.807, 2.05) is 32.0 Å². The maximum atomic E-state index is 12.6. The predicted molar refractivity (Wildman–Crippen MR) is 108 cm³/mol. The summed E-state index contributed by atoms with van der Waals surface area (Å²) in [7, 11) is 0. The Morgan fingerprint density at radius 1 is 1.03 bits per heavy atom. The number of benzene rings is 1. The molecular formula is C22H30F3NO5. The molecule has 31 heavy (non-hydrogen) atoms. The molecule has 0 unspecified atom stereocenters. The summed E-state index contributed by atoms with van der Waals surface area (Å²) in [4.78, 5) is 24.7. The highest BCUT2D eigenvalue weighted by Gasteiger charge is 2.38. The van der Waals surface area contributed by atoms with Crippen LogP contribution in [-0.2, 0) is 20.7 Å². The summed E-state index contributed by atoms with van der Waals surface area (Å²) < 4.78 is 52.5. The van der Waals surface area contributed by atoms with Gasteiger partial charge < -0.3 is 19.5 Å². The number of rotatable bonds is 10. The Hall–Kier alpha value is -2.45. The van der Waals surface area contributed by atoms with Crippen molar-refractivity contribution in [2.24, 2.45) is 11.8 Å². The minimum atomic E-state index is -4.58. The molecule has 1 aliphatic carbocycles. The van der Waals surface area contributed by atoms with Crippen molar-refractivity contribution in [2.75, 3.05) is 26.4 Å². The lowest BCUT2D eigenvalue weighted by atomic mass is 9.78. The van der Waals surface area contributed by atoms with Crippen LogP contribution in [0.1, 0.15) is 45.1 Å². The van der Waals surface area contributed by atoms with Gasteiger partial charge in [-0.05, 0) is 50.8 Å².